The van der Waals surface area contributed by atoms with Crippen molar-refractivity contribution in [2.75, 3.05) is 19.6 Å². The van der Waals surface area contributed by atoms with Crippen LogP contribution in [0.2, 0.25) is 0 Å². The average Bonchev–Trinajstić information content (AvgIpc) is 3.15. The highest BCUT2D eigenvalue weighted by molar-refractivity contribution is 7.89. The second-order valence-corrected chi connectivity index (χ2v) is 8.55. The first-order chi connectivity index (χ1) is 12.8. The first-order valence-electron chi connectivity index (χ1n) is 8.43. The highest BCUT2D eigenvalue weighted by Crippen LogP contribution is 2.16. The number of amides is 2. The van der Waals surface area contributed by atoms with E-state index in [9.17, 15) is 18.0 Å². The van der Waals surface area contributed by atoms with Gasteiger partial charge in [0, 0.05) is 37.0 Å². The maximum Gasteiger partial charge on any atom is 0.252 e. The van der Waals surface area contributed by atoms with E-state index in [1.165, 1.54) is 11.3 Å². The molecule has 0 fully saturated rings. The predicted molar refractivity (Wildman–Crippen MR) is 105 cm³/mol. The smallest absolute Gasteiger partial charge is 0.252 e. The molecule has 0 saturated heterocycles. The van der Waals surface area contributed by atoms with Gasteiger partial charge in [-0.25, -0.2) is 13.1 Å². The van der Waals surface area contributed by atoms with Gasteiger partial charge in [-0.05, 0) is 42.5 Å². The van der Waals surface area contributed by atoms with Crippen molar-refractivity contribution in [2.24, 2.45) is 0 Å². The molecule has 7 nitrogen and oxygen atoms in total. The Morgan fingerprint density at radius 2 is 1.81 bits per heavy atom. The maximum absolute atomic E-state index is 12.3. The second-order valence-electron chi connectivity index (χ2n) is 6.03. The summed E-state index contributed by atoms with van der Waals surface area (Å²) in [5, 5.41) is 8.83. The summed E-state index contributed by atoms with van der Waals surface area (Å²) in [6.45, 7) is 4.04. The highest BCUT2D eigenvalue weighted by atomic mass is 32.2. The lowest BCUT2D eigenvalue weighted by Crippen LogP contribution is -2.36. The Kier molecular flexibility index (Phi) is 7.52. The van der Waals surface area contributed by atoms with Crippen LogP contribution in [0.15, 0.2) is 39.9 Å². The van der Waals surface area contributed by atoms with Gasteiger partial charge < -0.3 is 10.6 Å². The summed E-state index contributed by atoms with van der Waals surface area (Å²) in [6.07, 6.45) is 0.125. The predicted octanol–water partition coefficient (Wildman–Crippen LogP) is 1.58. The van der Waals surface area contributed by atoms with Crippen molar-refractivity contribution in [1.29, 1.82) is 0 Å². The van der Waals surface area contributed by atoms with E-state index < -0.39 is 10.0 Å². The van der Waals surface area contributed by atoms with Crippen molar-refractivity contribution in [2.45, 2.75) is 25.2 Å². The Balaban J connectivity index is 1.69. The Morgan fingerprint density at radius 1 is 1.04 bits per heavy atom. The number of hydrogen-bond acceptors (Lipinski definition) is 5. The number of sulfonamides is 1. The van der Waals surface area contributed by atoms with Gasteiger partial charge in [-0.2, -0.15) is 11.3 Å². The van der Waals surface area contributed by atoms with Crippen LogP contribution in [-0.2, 0) is 14.8 Å². The molecule has 2 rings (SSSR count). The first kappa shape index (κ1) is 21.1. The van der Waals surface area contributed by atoms with Gasteiger partial charge in [0.25, 0.3) is 5.91 Å². The zero-order valence-corrected chi connectivity index (χ0v) is 16.9. The third-order valence-electron chi connectivity index (χ3n) is 3.79. The number of carbonyl (C=O) groups is 2. The molecule has 2 amide bonds. The van der Waals surface area contributed by atoms with Crippen molar-refractivity contribution in [3.05, 3.63) is 51.7 Å². The summed E-state index contributed by atoms with van der Waals surface area (Å²) < 4.78 is 27.2. The summed E-state index contributed by atoms with van der Waals surface area (Å²) in [6, 6.07) is 6.94. The molecule has 9 heteroatoms. The molecule has 1 heterocycles. The molecule has 0 aliphatic rings. The van der Waals surface area contributed by atoms with Gasteiger partial charge in [0.1, 0.15) is 0 Å². The Hall–Kier alpha value is -2.23. The first-order valence-corrected chi connectivity index (χ1v) is 10.9. The quantitative estimate of drug-likeness (QED) is 0.547. The van der Waals surface area contributed by atoms with Crippen molar-refractivity contribution in [3.63, 3.8) is 0 Å². The van der Waals surface area contributed by atoms with Gasteiger partial charge >= 0.3 is 0 Å². The monoisotopic (exact) mass is 409 g/mol. The van der Waals surface area contributed by atoms with E-state index in [1.54, 1.807) is 35.9 Å². The fraction of sp³-hybridized carbons (Fsp3) is 0.333. The number of carbonyl (C=O) groups excluding carboxylic acids is 2. The number of hydrogen-bond donors (Lipinski definition) is 3. The molecule has 27 heavy (non-hydrogen) atoms. The summed E-state index contributed by atoms with van der Waals surface area (Å²) >= 11 is 1.43. The molecule has 0 atom stereocenters. The number of rotatable bonds is 9. The van der Waals surface area contributed by atoms with Gasteiger partial charge in [-0.3, -0.25) is 9.59 Å². The van der Waals surface area contributed by atoms with E-state index in [0.717, 1.165) is 5.56 Å². The lowest BCUT2D eigenvalue weighted by molar-refractivity contribution is -0.120. The molecule has 0 saturated carbocycles. The van der Waals surface area contributed by atoms with Gasteiger partial charge in [-0.1, -0.05) is 12.1 Å². The molecule has 0 aliphatic carbocycles. The van der Waals surface area contributed by atoms with Crippen LogP contribution >= 0.6 is 11.3 Å². The Morgan fingerprint density at radius 3 is 2.52 bits per heavy atom. The third kappa shape index (κ3) is 6.46. The third-order valence-corrected chi connectivity index (χ3v) is 6.08. The van der Waals surface area contributed by atoms with Crippen LogP contribution in [-0.4, -0.2) is 39.9 Å². The van der Waals surface area contributed by atoms with Gasteiger partial charge in [0.2, 0.25) is 15.9 Å². The van der Waals surface area contributed by atoms with Crippen molar-refractivity contribution < 1.29 is 18.0 Å². The molecule has 0 bridgehead atoms. The SMILES string of the molecule is Cc1ccc(C)c(S(=O)(=O)NCCNC(=O)CCNC(=O)c2ccsc2)c1. The van der Waals surface area contributed by atoms with E-state index in [4.69, 9.17) is 0 Å². The van der Waals surface area contributed by atoms with Crippen molar-refractivity contribution >= 4 is 33.2 Å². The van der Waals surface area contributed by atoms with Crippen LogP contribution in [0.3, 0.4) is 0 Å². The maximum atomic E-state index is 12.3. The molecular weight excluding hydrogens is 386 g/mol. The van der Waals surface area contributed by atoms with Crippen LogP contribution in [0.25, 0.3) is 0 Å². The van der Waals surface area contributed by atoms with E-state index in [0.29, 0.717) is 11.1 Å². The largest absolute Gasteiger partial charge is 0.355 e. The Bertz CT molecular complexity index is 893. The molecule has 146 valence electrons. The molecule has 0 aliphatic heterocycles. The summed E-state index contributed by atoms with van der Waals surface area (Å²) in [5.41, 5.74) is 2.10. The number of benzene rings is 1. The van der Waals surface area contributed by atoms with Crippen LogP contribution in [0.5, 0.6) is 0 Å². The van der Waals surface area contributed by atoms with Crippen LogP contribution in [0.1, 0.15) is 27.9 Å². The zero-order chi connectivity index (χ0) is 19.9. The highest BCUT2D eigenvalue weighted by Gasteiger charge is 2.16. The van der Waals surface area contributed by atoms with E-state index in [-0.39, 0.29) is 42.8 Å². The van der Waals surface area contributed by atoms with E-state index >= 15 is 0 Å². The van der Waals surface area contributed by atoms with E-state index in [2.05, 4.69) is 15.4 Å². The minimum Gasteiger partial charge on any atom is -0.355 e. The molecule has 0 radical (unpaired) electrons. The molecular formula is C18H23N3O4S2. The second kappa shape index (κ2) is 9.63. The van der Waals surface area contributed by atoms with Gasteiger partial charge in [0.15, 0.2) is 0 Å². The molecule has 2 aromatic rings. The topological polar surface area (TPSA) is 104 Å². The van der Waals surface area contributed by atoms with Crippen LogP contribution in [0.4, 0.5) is 0 Å². The molecule has 1 aromatic heterocycles. The summed E-state index contributed by atoms with van der Waals surface area (Å²) in [4.78, 5) is 23.7. The lowest BCUT2D eigenvalue weighted by atomic mass is 10.2. The normalized spacial score (nSPS) is 11.2. The van der Waals surface area contributed by atoms with Crippen molar-refractivity contribution in [3.8, 4) is 0 Å². The summed E-state index contributed by atoms with van der Waals surface area (Å²) in [5.74, 6) is -0.475. The fourth-order valence-corrected chi connectivity index (χ4v) is 4.33. The average molecular weight is 410 g/mol. The molecule has 0 spiro atoms. The Labute approximate surface area is 163 Å². The van der Waals surface area contributed by atoms with Crippen LogP contribution in [0, 0.1) is 13.8 Å². The molecule has 3 N–H and O–H groups in total. The van der Waals surface area contributed by atoms with Gasteiger partial charge in [-0.15, -0.1) is 0 Å². The minimum atomic E-state index is -3.62. The summed E-state index contributed by atoms with van der Waals surface area (Å²) in [7, 11) is -3.62. The fourth-order valence-electron chi connectivity index (χ4n) is 2.34. The number of aryl methyl sites for hydroxylation is 2. The zero-order valence-electron chi connectivity index (χ0n) is 15.2. The molecule has 0 unspecified atom stereocenters. The number of nitrogens with one attached hydrogen (secondary N) is 3. The minimum absolute atomic E-state index is 0.0860. The molecule has 1 aromatic carbocycles. The van der Waals surface area contributed by atoms with Crippen molar-refractivity contribution in [1.82, 2.24) is 15.4 Å². The van der Waals surface area contributed by atoms with Gasteiger partial charge in [0.05, 0.1) is 4.90 Å². The number of thiophene rings is 1. The lowest BCUT2D eigenvalue weighted by Gasteiger charge is -2.11. The standard InChI is InChI=1S/C18H23N3O4S2/c1-13-3-4-14(2)16(11-13)27(24,25)21-9-8-19-17(22)5-7-20-18(23)15-6-10-26-12-15/h3-4,6,10-12,21H,5,7-9H2,1-2H3,(H,19,22)(H,20,23). The van der Waals surface area contributed by atoms with E-state index in [1.807, 2.05) is 13.0 Å². The van der Waals surface area contributed by atoms with Crippen LogP contribution < -0.4 is 15.4 Å².